The number of fused-ring (bicyclic) bond motifs is 1. The van der Waals surface area contributed by atoms with Crippen LogP contribution in [-0.4, -0.2) is 16.6 Å². The number of nitrogens with zero attached hydrogens (tertiary/aromatic N) is 1. The fourth-order valence-electron chi connectivity index (χ4n) is 2.20. The molecule has 1 aliphatic rings. The first-order valence-corrected chi connectivity index (χ1v) is 6.96. The fraction of sp³-hybridized carbons (Fsp3) is 0.235. The van der Waals surface area contributed by atoms with Gasteiger partial charge >= 0.3 is 0 Å². The van der Waals surface area contributed by atoms with Crippen molar-refractivity contribution in [3.63, 3.8) is 0 Å². The molecule has 3 rings (SSSR count). The number of aromatic nitrogens is 1. The van der Waals surface area contributed by atoms with E-state index in [1.165, 1.54) is 5.56 Å². The Hall–Kier alpha value is -2.49. The van der Waals surface area contributed by atoms with E-state index in [0.717, 1.165) is 30.5 Å². The molecule has 0 atom stereocenters. The minimum absolute atomic E-state index is 0.375. The van der Waals surface area contributed by atoms with Gasteiger partial charge in [0.1, 0.15) is 0 Å². The van der Waals surface area contributed by atoms with Gasteiger partial charge in [0.25, 0.3) is 0 Å². The molecular weight excluding hydrogens is 262 g/mol. The number of amides is 1. The molecule has 4 nitrogen and oxygen atoms in total. The molecule has 0 radical (unpaired) electrons. The number of carbonyl (C=O) groups is 1. The van der Waals surface area contributed by atoms with Crippen LogP contribution < -0.4 is 5.73 Å². The first kappa shape index (κ1) is 14.9. The molecule has 1 heterocycles. The van der Waals surface area contributed by atoms with Crippen molar-refractivity contribution in [3.8, 4) is 0 Å². The van der Waals surface area contributed by atoms with Gasteiger partial charge in [-0.2, -0.15) is 0 Å². The monoisotopic (exact) mass is 281 g/mol. The summed E-state index contributed by atoms with van der Waals surface area (Å²) in [5.74, 6) is -0.375. The Morgan fingerprint density at radius 1 is 1.19 bits per heavy atom. The largest absolute Gasteiger partial charge is 0.366 e. The van der Waals surface area contributed by atoms with Crippen LogP contribution >= 0.6 is 0 Å². The van der Waals surface area contributed by atoms with Crippen molar-refractivity contribution in [2.45, 2.75) is 26.2 Å². The predicted molar refractivity (Wildman–Crippen MR) is 83.7 cm³/mol. The molecule has 1 amide bonds. The van der Waals surface area contributed by atoms with Crippen LogP contribution in [0.4, 0.5) is 0 Å². The standard InChI is InChI=1S/C9H10N2.C8H9NO/c10-8-5-1-3-7-4-2-6-11-9(7)8;1-6-2-4-7(5-3-6)8(9)10/h2,4,6,10H,1,3,5H2;2-5H,1H3,(H2,9,10). The SMILES string of the molecule is Cc1ccc(C(N)=O)cc1.N=C1CCCc2cccnc21. The first-order valence-electron chi connectivity index (χ1n) is 6.96. The van der Waals surface area contributed by atoms with Crippen molar-refractivity contribution in [3.05, 3.63) is 65.0 Å². The van der Waals surface area contributed by atoms with Gasteiger partial charge < -0.3 is 11.1 Å². The van der Waals surface area contributed by atoms with E-state index in [1.807, 2.05) is 25.1 Å². The molecule has 0 spiro atoms. The zero-order chi connectivity index (χ0) is 15.2. The highest BCUT2D eigenvalue weighted by atomic mass is 16.1. The third-order valence-electron chi connectivity index (χ3n) is 3.39. The van der Waals surface area contributed by atoms with E-state index in [4.69, 9.17) is 11.1 Å². The smallest absolute Gasteiger partial charge is 0.248 e. The zero-order valence-electron chi connectivity index (χ0n) is 12.1. The van der Waals surface area contributed by atoms with E-state index in [-0.39, 0.29) is 5.91 Å². The summed E-state index contributed by atoms with van der Waals surface area (Å²) in [5, 5.41) is 7.61. The topological polar surface area (TPSA) is 79.8 Å². The number of hydrogen-bond acceptors (Lipinski definition) is 3. The first-order chi connectivity index (χ1) is 10.1. The van der Waals surface area contributed by atoms with Crippen LogP contribution in [0, 0.1) is 12.3 Å². The third kappa shape index (κ3) is 3.99. The van der Waals surface area contributed by atoms with Crippen molar-refractivity contribution in [1.82, 2.24) is 4.98 Å². The molecular formula is C17H19N3O. The number of carbonyl (C=O) groups excluding carboxylic acids is 1. The Balaban J connectivity index is 0.000000155. The van der Waals surface area contributed by atoms with Crippen molar-refractivity contribution in [2.24, 2.45) is 5.73 Å². The second kappa shape index (κ2) is 6.79. The van der Waals surface area contributed by atoms with Gasteiger partial charge in [0.15, 0.2) is 0 Å². The van der Waals surface area contributed by atoms with Gasteiger partial charge in [-0.3, -0.25) is 9.78 Å². The summed E-state index contributed by atoms with van der Waals surface area (Å²) in [6.45, 7) is 1.96. The van der Waals surface area contributed by atoms with Crippen LogP contribution in [0.1, 0.15) is 40.0 Å². The van der Waals surface area contributed by atoms with Crippen LogP contribution in [0.5, 0.6) is 0 Å². The van der Waals surface area contributed by atoms with Gasteiger partial charge in [-0.15, -0.1) is 0 Å². The number of pyridine rings is 1. The van der Waals surface area contributed by atoms with Crippen LogP contribution in [0.2, 0.25) is 0 Å². The van der Waals surface area contributed by atoms with Crippen LogP contribution in [0.25, 0.3) is 0 Å². The summed E-state index contributed by atoms with van der Waals surface area (Å²) in [5.41, 5.74) is 9.57. The molecule has 1 aromatic carbocycles. The number of benzene rings is 1. The highest BCUT2D eigenvalue weighted by Gasteiger charge is 2.13. The number of primary amides is 1. The Morgan fingerprint density at radius 2 is 1.90 bits per heavy atom. The second-order valence-corrected chi connectivity index (χ2v) is 5.07. The van der Waals surface area contributed by atoms with Gasteiger partial charge in [0, 0.05) is 11.8 Å². The summed E-state index contributed by atoms with van der Waals surface area (Å²) in [4.78, 5) is 14.7. The molecule has 1 aromatic heterocycles. The molecule has 0 bridgehead atoms. The molecule has 0 saturated heterocycles. The van der Waals surface area contributed by atoms with E-state index < -0.39 is 0 Å². The third-order valence-corrected chi connectivity index (χ3v) is 3.39. The predicted octanol–water partition coefficient (Wildman–Crippen LogP) is 2.88. The summed E-state index contributed by atoms with van der Waals surface area (Å²) in [6.07, 6.45) is 4.85. The van der Waals surface area contributed by atoms with E-state index in [1.54, 1.807) is 18.3 Å². The zero-order valence-corrected chi connectivity index (χ0v) is 12.1. The lowest BCUT2D eigenvalue weighted by molar-refractivity contribution is 0.100. The molecule has 21 heavy (non-hydrogen) atoms. The second-order valence-electron chi connectivity index (χ2n) is 5.07. The minimum Gasteiger partial charge on any atom is -0.366 e. The van der Waals surface area contributed by atoms with E-state index in [2.05, 4.69) is 11.1 Å². The minimum atomic E-state index is -0.375. The highest BCUT2D eigenvalue weighted by molar-refractivity contribution is 5.98. The number of rotatable bonds is 1. The molecule has 3 N–H and O–H groups in total. The van der Waals surface area contributed by atoms with Crippen LogP contribution in [0.3, 0.4) is 0 Å². The summed E-state index contributed by atoms with van der Waals surface area (Å²) >= 11 is 0. The Bertz CT molecular complexity index is 647. The summed E-state index contributed by atoms with van der Waals surface area (Å²) in [7, 11) is 0. The van der Waals surface area contributed by atoms with Gasteiger partial charge in [-0.1, -0.05) is 23.8 Å². The van der Waals surface area contributed by atoms with Crippen molar-refractivity contribution >= 4 is 11.6 Å². The average Bonchev–Trinajstić information content (AvgIpc) is 2.49. The summed E-state index contributed by atoms with van der Waals surface area (Å²) in [6, 6.07) is 11.2. The van der Waals surface area contributed by atoms with Gasteiger partial charge in [0.2, 0.25) is 5.91 Å². The van der Waals surface area contributed by atoms with Gasteiger partial charge in [-0.25, -0.2) is 0 Å². The number of aryl methyl sites for hydroxylation is 2. The molecule has 0 aliphatic heterocycles. The van der Waals surface area contributed by atoms with Crippen LogP contribution in [-0.2, 0) is 6.42 Å². The molecule has 0 unspecified atom stereocenters. The Morgan fingerprint density at radius 3 is 2.52 bits per heavy atom. The lowest BCUT2D eigenvalue weighted by Gasteiger charge is -2.14. The number of nitrogens with two attached hydrogens (primary N) is 1. The fourth-order valence-corrected chi connectivity index (χ4v) is 2.20. The maximum Gasteiger partial charge on any atom is 0.248 e. The van der Waals surface area contributed by atoms with Crippen molar-refractivity contribution < 1.29 is 4.79 Å². The average molecular weight is 281 g/mol. The molecule has 1 aliphatic carbocycles. The Kier molecular flexibility index (Phi) is 4.82. The maximum absolute atomic E-state index is 10.5. The molecule has 0 fully saturated rings. The van der Waals surface area contributed by atoms with Gasteiger partial charge in [0.05, 0.1) is 11.4 Å². The molecule has 108 valence electrons. The normalized spacial score (nSPS) is 12.9. The van der Waals surface area contributed by atoms with E-state index in [9.17, 15) is 4.79 Å². The van der Waals surface area contributed by atoms with E-state index >= 15 is 0 Å². The lowest BCUT2D eigenvalue weighted by atomic mass is 9.95. The van der Waals surface area contributed by atoms with Crippen LogP contribution in [0.15, 0.2) is 42.6 Å². The number of nitrogens with one attached hydrogen (secondary N) is 1. The highest BCUT2D eigenvalue weighted by Crippen LogP contribution is 2.17. The quantitative estimate of drug-likeness (QED) is 0.842. The van der Waals surface area contributed by atoms with Crippen molar-refractivity contribution in [2.75, 3.05) is 0 Å². The number of hydrogen-bond donors (Lipinski definition) is 2. The maximum atomic E-state index is 10.5. The van der Waals surface area contributed by atoms with Gasteiger partial charge in [-0.05, 0) is 49.9 Å². The molecule has 4 heteroatoms. The molecule has 2 aromatic rings. The Labute approximate surface area is 124 Å². The van der Waals surface area contributed by atoms with E-state index in [0.29, 0.717) is 11.3 Å². The summed E-state index contributed by atoms with van der Waals surface area (Å²) < 4.78 is 0. The lowest BCUT2D eigenvalue weighted by Crippen LogP contribution is -2.12. The van der Waals surface area contributed by atoms with Crippen molar-refractivity contribution in [1.29, 1.82) is 5.41 Å². The molecule has 0 saturated carbocycles.